The van der Waals surface area contributed by atoms with Crippen molar-refractivity contribution in [2.45, 2.75) is 25.0 Å². The number of aromatic hydroxyl groups is 1. The molecule has 238 valence electrons. The number of aliphatic hydroxyl groups is 1. The average molecular weight is 682 g/mol. The summed E-state index contributed by atoms with van der Waals surface area (Å²) in [4.78, 5) is 46.9. The Morgan fingerprint density at radius 3 is 2.53 bits per heavy atom. The van der Waals surface area contributed by atoms with E-state index in [0.29, 0.717) is 26.2 Å². The Morgan fingerprint density at radius 1 is 1.09 bits per heavy atom. The lowest BCUT2D eigenvalue weighted by Gasteiger charge is -2.39. The Hall–Kier alpha value is -3.56. The molecule has 0 radical (unpaired) electrons. The van der Waals surface area contributed by atoms with Crippen LogP contribution in [0.1, 0.15) is 24.0 Å². The number of nitrogens with zero attached hydrogens (tertiary/aromatic N) is 6. The van der Waals surface area contributed by atoms with Crippen LogP contribution in [-0.4, -0.2) is 96.0 Å². The number of piperazine rings is 1. The number of benzene rings is 2. The molecule has 1 atom stereocenters. The lowest BCUT2D eigenvalue weighted by atomic mass is 9.92. The first kappa shape index (κ1) is 32.8. The van der Waals surface area contributed by atoms with E-state index in [0.717, 1.165) is 28.8 Å². The van der Waals surface area contributed by atoms with Gasteiger partial charge in [0.25, 0.3) is 11.1 Å². The van der Waals surface area contributed by atoms with Gasteiger partial charge in [0.05, 0.1) is 16.5 Å². The molecule has 3 aromatic rings. The fourth-order valence-corrected chi connectivity index (χ4v) is 6.64. The van der Waals surface area contributed by atoms with E-state index in [9.17, 15) is 33.4 Å². The number of amides is 3. The van der Waals surface area contributed by atoms with Crippen molar-refractivity contribution in [3.63, 3.8) is 0 Å². The second kappa shape index (κ2) is 13.8. The third-order valence-corrected chi connectivity index (χ3v) is 8.94. The number of phenolic OH excluding ortho intramolecular Hbond substituents is 1. The van der Waals surface area contributed by atoms with Gasteiger partial charge in [0.2, 0.25) is 5.91 Å². The highest BCUT2D eigenvalue weighted by molar-refractivity contribution is 8.18. The summed E-state index contributed by atoms with van der Waals surface area (Å²) >= 11 is 12.7. The maximum Gasteiger partial charge on any atom is 0.293 e. The molecule has 45 heavy (non-hydrogen) atoms. The Bertz CT molecular complexity index is 1640. The van der Waals surface area contributed by atoms with Crippen LogP contribution in [0.2, 0.25) is 10.0 Å². The molecule has 2 saturated heterocycles. The van der Waals surface area contributed by atoms with Crippen LogP contribution >= 0.6 is 35.0 Å². The Kier molecular flexibility index (Phi) is 10.1. The number of aromatic nitrogens is 3. The summed E-state index contributed by atoms with van der Waals surface area (Å²) in [6.07, 6.45) is 4.38. The van der Waals surface area contributed by atoms with Gasteiger partial charge in [-0.05, 0) is 42.5 Å². The number of phenols is 1. The number of hydrogen-bond acceptors (Lipinski definition) is 9. The lowest BCUT2D eigenvalue weighted by molar-refractivity contribution is -0.134. The Morgan fingerprint density at radius 2 is 1.84 bits per heavy atom. The van der Waals surface area contributed by atoms with Gasteiger partial charge >= 0.3 is 0 Å². The number of halogens is 4. The van der Waals surface area contributed by atoms with Crippen LogP contribution < -0.4 is 0 Å². The van der Waals surface area contributed by atoms with E-state index in [1.807, 2.05) is 4.90 Å². The zero-order chi connectivity index (χ0) is 32.3. The SMILES string of the molecule is O=C(CCCN1C(=O)SC(=Cc2cc(Cl)cc(Cl)c2O)C1=O)N1CCN(CC(O)(Cn2cncn2)c2ccc(F)cc2F)CC1. The number of rotatable bonds is 10. The first-order valence-electron chi connectivity index (χ1n) is 13.9. The summed E-state index contributed by atoms with van der Waals surface area (Å²) in [5.74, 6) is -2.60. The van der Waals surface area contributed by atoms with Crippen molar-refractivity contribution in [3.05, 3.63) is 80.7 Å². The standard InChI is InChI=1S/C29H28Cl2F2N6O5S/c30-19-10-18(26(41)22(31)12-19)11-24-27(42)39(28(43)45-24)5-1-2-25(40)37-8-6-36(7-9-37)14-29(44,15-38-17-34-16-35-38)21-4-3-20(32)13-23(21)33/h3-4,10-13,16-17,41,44H,1-2,5-9,14-15H2. The van der Waals surface area contributed by atoms with E-state index in [-0.39, 0.29) is 70.2 Å². The monoisotopic (exact) mass is 680 g/mol. The number of carbonyl (C=O) groups excluding carboxylic acids is 3. The molecule has 0 spiro atoms. The van der Waals surface area contributed by atoms with Gasteiger partial charge in [-0.15, -0.1) is 0 Å². The molecular weight excluding hydrogens is 653 g/mol. The highest BCUT2D eigenvalue weighted by atomic mass is 35.5. The Balaban J connectivity index is 1.14. The minimum absolute atomic E-state index is 0.00328. The number of imide groups is 1. The molecular formula is C29H28Cl2F2N6O5S. The fraction of sp³-hybridized carbons (Fsp3) is 0.345. The summed E-state index contributed by atoms with van der Waals surface area (Å²) < 4.78 is 29.7. The van der Waals surface area contributed by atoms with Gasteiger partial charge in [0.1, 0.15) is 35.6 Å². The first-order valence-corrected chi connectivity index (χ1v) is 15.4. The summed E-state index contributed by atoms with van der Waals surface area (Å²) in [6, 6.07) is 5.80. The maximum absolute atomic E-state index is 14.8. The molecule has 3 heterocycles. The van der Waals surface area contributed by atoms with Crippen LogP contribution in [0.25, 0.3) is 6.08 Å². The quantitative estimate of drug-likeness (QED) is 0.304. The van der Waals surface area contributed by atoms with Gasteiger partial charge in [0, 0.05) is 67.9 Å². The van der Waals surface area contributed by atoms with Crippen molar-refractivity contribution in [3.8, 4) is 5.75 Å². The summed E-state index contributed by atoms with van der Waals surface area (Å²) in [5, 5.41) is 25.6. The van der Waals surface area contributed by atoms with E-state index < -0.39 is 28.4 Å². The number of β-amino-alcohol motifs (C(OH)–C–C–N with tert-alkyl or cyclic N) is 1. The predicted octanol–water partition coefficient (Wildman–Crippen LogP) is 4.12. The van der Waals surface area contributed by atoms with E-state index in [1.54, 1.807) is 4.90 Å². The van der Waals surface area contributed by atoms with Gasteiger partial charge in [-0.2, -0.15) is 5.10 Å². The van der Waals surface area contributed by atoms with E-state index >= 15 is 0 Å². The van der Waals surface area contributed by atoms with Gasteiger partial charge in [-0.3, -0.25) is 24.2 Å². The molecule has 1 unspecified atom stereocenters. The second-order valence-electron chi connectivity index (χ2n) is 10.7. The largest absolute Gasteiger partial charge is 0.506 e. The van der Waals surface area contributed by atoms with Crippen molar-refractivity contribution >= 4 is 58.1 Å². The molecule has 16 heteroatoms. The molecule has 1 aromatic heterocycles. The smallest absolute Gasteiger partial charge is 0.293 e. The molecule has 2 fully saturated rings. The van der Waals surface area contributed by atoms with Crippen LogP contribution in [0, 0.1) is 11.6 Å². The zero-order valence-electron chi connectivity index (χ0n) is 23.7. The van der Waals surface area contributed by atoms with Gasteiger partial charge in [0.15, 0.2) is 0 Å². The summed E-state index contributed by atoms with van der Waals surface area (Å²) in [5.41, 5.74) is -1.63. The molecule has 0 bridgehead atoms. The molecule has 2 aliphatic rings. The molecule has 2 aromatic carbocycles. The van der Waals surface area contributed by atoms with Crippen molar-refractivity contribution in [2.75, 3.05) is 39.3 Å². The van der Waals surface area contributed by atoms with Crippen LogP contribution in [0.5, 0.6) is 5.75 Å². The predicted molar refractivity (Wildman–Crippen MR) is 163 cm³/mol. The van der Waals surface area contributed by atoms with Crippen LogP contribution in [-0.2, 0) is 21.7 Å². The van der Waals surface area contributed by atoms with Crippen molar-refractivity contribution in [2.24, 2.45) is 0 Å². The third kappa shape index (κ3) is 7.64. The number of thioether (sulfide) groups is 1. The molecule has 3 amide bonds. The third-order valence-electron chi connectivity index (χ3n) is 7.52. The minimum Gasteiger partial charge on any atom is -0.506 e. The average Bonchev–Trinajstić information content (AvgIpc) is 3.58. The second-order valence-corrected chi connectivity index (χ2v) is 12.5. The van der Waals surface area contributed by atoms with Gasteiger partial charge < -0.3 is 15.1 Å². The summed E-state index contributed by atoms with van der Waals surface area (Å²) in [7, 11) is 0. The highest BCUT2D eigenvalue weighted by Crippen LogP contribution is 2.37. The van der Waals surface area contributed by atoms with Gasteiger partial charge in [-0.25, -0.2) is 18.4 Å². The van der Waals surface area contributed by atoms with Crippen molar-refractivity contribution < 1.29 is 33.4 Å². The van der Waals surface area contributed by atoms with Crippen LogP contribution in [0.3, 0.4) is 0 Å². The zero-order valence-corrected chi connectivity index (χ0v) is 26.0. The molecule has 5 rings (SSSR count). The number of hydrogen-bond donors (Lipinski definition) is 2. The summed E-state index contributed by atoms with van der Waals surface area (Å²) in [6.45, 7) is 1.40. The first-order chi connectivity index (χ1) is 21.4. The molecule has 0 saturated carbocycles. The molecule has 0 aliphatic carbocycles. The van der Waals surface area contributed by atoms with Crippen LogP contribution in [0.4, 0.5) is 13.6 Å². The maximum atomic E-state index is 14.8. The van der Waals surface area contributed by atoms with E-state index in [4.69, 9.17) is 23.2 Å². The topological polar surface area (TPSA) is 132 Å². The minimum atomic E-state index is -1.75. The van der Waals surface area contributed by atoms with Crippen molar-refractivity contribution in [1.82, 2.24) is 29.5 Å². The van der Waals surface area contributed by atoms with E-state index in [1.165, 1.54) is 41.6 Å². The molecule has 2 aliphatic heterocycles. The highest BCUT2D eigenvalue weighted by Gasteiger charge is 2.37. The van der Waals surface area contributed by atoms with Gasteiger partial charge in [-0.1, -0.05) is 29.3 Å². The normalized spacial score (nSPS) is 18.2. The molecule has 11 nitrogen and oxygen atoms in total. The Labute approximate surface area is 271 Å². The van der Waals surface area contributed by atoms with Crippen molar-refractivity contribution in [1.29, 1.82) is 0 Å². The molecule has 2 N–H and O–H groups in total. The van der Waals surface area contributed by atoms with E-state index in [2.05, 4.69) is 10.1 Å². The van der Waals surface area contributed by atoms with Crippen LogP contribution in [0.15, 0.2) is 47.9 Å². The fourth-order valence-electron chi connectivity index (χ4n) is 5.27. The lowest BCUT2D eigenvalue weighted by Crippen LogP contribution is -2.53. The number of carbonyl (C=O) groups is 3.